The Morgan fingerprint density at radius 3 is 2.94 bits per heavy atom. The van der Waals surface area contributed by atoms with E-state index < -0.39 is 0 Å². The van der Waals surface area contributed by atoms with Crippen molar-refractivity contribution in [2.24, 2.45) is 0 Å². The van der Waals surface area contributed by atoms with E-state index in [1.54, 1.807) is 6.26 Å². The second-order valence-corrected chi connectivity index (χ2v) is 4.76. The molecule has 2 aromatic rings. The van der Waals surface area contributed by atoms with Crippen molar-refractivity contribution in [3.63, 3.8) is 0 Å². The lowest BCUT2D eigenvalue weighted by Gasteiger charge is -2.30. The Kier molecular flexibility index (Phi) is 2.73. The zero-order valence-corrected chi connectivity index (χ0v) is 10.1. The summed E-state index contributed by atoms with van der Waals surface area (Å²) in [5, 5.41) is 3.48. The molecule has 1 atom stereocenters. The van der Waals surface area contributed by atoms with Crippen LogP contribution < -0.4 is 5.32 Å². The molecule has 0 spiro atoms. The van der Waals surface area contributed by atoms with Gasteiger partial charge in [0.1, 0.15) is 5.76 Å². The van der Waals surface area contributed by atoms with E-state index in [1.807, 2.05) is 6.07 Å². The van der Waals surface area contributed by atoms with E-state index in [4.69, 9.17) is 4.42 Å². The fourth-order valence-electron chi connectivity index (χ4n) is 2.49. The molecule has 1 N–H and O–H groups in total. The van der Waals surface area contributed by atoms with Crippen molar-refractivity contribution in [3.05, 3.63) is 59.0 Å². The highest BCUT2D eigenvalue weighted by Gasteiger charge is 2.24. The highest BCUT2D eigenvalue weighted by atomic mass is 16.3. The summed E-state index contributed by atoms with van der Waals surface area (Å²) < 4.78 is 5.40. The first-order valence-corrected chi connectivity index (χ1v) is 6.16. The standard InChI is InChI=1S/C15H17NO/c1-11-6-7-17-15(11)10-16-9-13-8-12-4-2-3-5-14(12)13/h2-7,13,16H,8-10H2,1H3. The van der Waals surface area contributed by atoms with Gasteiger partial charge in [-0.05, 0) is 36.1 Å². The van der Waals surface area contributed by atoms with Gasteiger partial charge in [-0.25, -0.2) is 0 Å². The summed E-state index contributed by atoms with van der Waals surface area (Å²) in [6, 6.07) is 10.7. The Morgan fingerprint density at radius 2 is 2.18 bits per heavy atom. The van der Waals surface area contributed by atoms with Gasteiger partial charge in [0.05, 0.1) is 12.8 Å². The van der Waals surface area contributed by atoms with Crippen LogP contribution in [0, 0.1) is 6.92 Å². The molecule has 3 rings (SSSR count). The Hall–Kier alpha value is -1.54. The number of nitrogens with one attached hydrogen (secondary N) is 1. The molecule has 0 bridgehead atoms. The predicted octanol–water partition coefficient (Wildman–Crippen LogP) is 3.02. The molecule has 0 fully saturated rings. The summed E-state index contributed by atoms with van der Waals surface area (Å²) in [5.74, 6) is 1.74. The lowest BCUT2D eigenvalue weighted by atomic mass is 9.77. The summed E-state index contributed by atoms with van der Waals surface area (Å²) in [5.41, 5.74) is 4.25. The lowest BCUT2D eigenvalue weighted by Crippen LogP contribution is -2.28. The van der Waals surface area contributed by atoms with E-state index in [-0.39, 0.29) is 0 Å². The molecule has 1 heterocycles. The van der Waals surface area contributed by atoms with Crippen molar-refractivity contribution in [2.75, 3.05) is 6.54 Å². The predicted molar refractivity (Wildman–Crippen MR) is 68.0 cm³/mol. The smallest absolute Gasteiger partial charge is 0.120 e. The zero-order chi connectivity index (χ0) is 11.7. The van der Waals surface area contributed by atoms with Crippen molar-refractivity contribution in [3.8, 4) is 0 Å². The van der Waals surface area contributed by atoms with Gasteiger partial charge in [-0.1, -0.05) is 24.3 Å². The molecule has 1 aromatic heterocycles. The van der Waals surface area contributed by atoms with E-state index in [0.717, 1.165) is 18.8 Å². The SMILES string of the molecule is Cc1ccoc1CNCC1Cc2ccccc21. The molecule has 0 saturated carbocycles. The van der Waals surface area contributed by atoms with Crippen LogP contribution in [-0.2, 0) is 13.0 Å². The molecule has 0 aliphatic heterocycles. The molecule has 2 heteroatoms. The first kappa shape index (κ1) is 10.6. The Bertz CT molecular complexity index is 515. The van der Waals surface area contributed by atoms with Crippen molar-refractivity contribution >= 4 is 0 Å². The molecular formula is C15H17NO. The van der Waals surface area contributed by atoms with Gasteiger partial charge in [0.2, 0.25) is 0 Å². The largest absolute Gasteiger partial charge is 0.468 e. The van der Waals surface area contributed by atoms with Crippen LogP contribution in [0.4, 0.5) is 0 Å². The van der Waals surface area contributed by atoms with E-state index in [9.17, 15) is 0 Å². The summed E-state index contributed by atoms with van der Waals surface area (Å²) in [4.78, 5) is 0. The molecule has 0 saturated heterocycles. The normalized spacial score (nSPS) is 17.6. The topological polar surface area (TPSA) is 25.2 Å². The second kappa shape index (κ2) is 4.38. The van der Waals surface area contributed by atoms with Gasteiger partial charge in [0, 0.05) is 12.5 Å². The van der Waals surface area contributed by atoms with E-state index >= 15 is 0 Å². The minimum Gasteiger partial charge on any atom is -0.468 e. The van der Waals surface area contributed by atoms with Crippen LogP contribution in [0.15, 0.2) is 41.0 Å². The minimum atomic E-state index is 0.682. The number of aryl methyl sites for hydroxylation is 1. The molecule has 0 radical (unpaired) electrons. The monoisotopic (exact) mass is 227 g/mol. The van der Waals surface area contributed by atoms with Gasteiger partial charge in [-0.2, -0.15) is 0 Å². The maximum atomic E-state index is 5.40. The Labute approximate surface area is 102 Å². The van der Waals surface area contributed by atoms with Crippen molar-refractivity contribution in [1.29, 1.82) is 0 Å². The van der Waals surface area contributed by atoms with E-state index in [1.165, 1.54) is 23.1 Å². The maximum absolute atomic E-state index is 5.40. The number of rotatable bonds is 4. The van der Waals surface area contributed by atoms with Gasteiger partial charge in [-0.15, -0.1) is 0 Å². The van der Waals surface area contributed by atoms with Gasteiger partial charge >= 0.3 is 0 Å². The molecule has 1 aliphatic carbocycles. The molecule has 0 amide bonds. The Balaban J connectivity index is 1.53. The molecule has 2 nitrogen and oxygen atoms in total. The highest BCUT2D eigenvalue weighted by Crippen LogP contribution is 2.34. The van der Waals surface area contributed by atoms with Crippen LogP contribution in [0.3, 0.4) is 0 Å². The molecular weight excluding hydrogens is 210 g/mol. The fraction of sp³-hybridized carbons (Fsp3) is 0.333. The molecule has 1 aliphatic rings. The number of furan rings is 1. The van der Waals surface area contributed by atoms with Crippen LogP contribution in [-0.4, -0.2) is 6.54 Å². The number of hydrogen-bond donors (Lipinski definition) is 1. The molecule has 1 unspecified atom stereocenters. The highest BCUT2D eigenvalue weighted by molar-refractivity contribution is 5.40. The third-order valence-corrected chi connectivity index (χ3v) is 3.61. The number of benzene rings is 1. The number of hydrogen-bond acceptors (Lipinski definition) is 2. The van der Waals surface area contributed by atoms with Gasteiger partial charge < -0.3 is 9.73 Å². The average Bonchev–Trinajstić information content (AvgIpc) is 2.71. The summed E-state index contributed by atoms with van der Waals surface area (Å²) in [7, 11) is 0. The van der Waals surface area contributed by atoms with E-state index in [2.05, 4.69) is 36.5 Å². The lowest BCUT2D eigenvalue weighted by molar-refractivity contribution is 0.460. The van der Waals surface area contributed by atoms with Crippen LogP contribution in [0.2, 0.25) is 0 Å². The van der Waals surface area contributed by atoms with Crippen LogP contribution >= 0.6 is 0 Å². The van der Waals surface area contributed by atoms with Gasteiger partial charge in [-0.3, -0.25) is 0 Å². The minimum absolute atomic E-state index is 0.682. The first-order chi connectivity index (χ1) is 8.34. The van der Waals surface area contributed by atoms with Crippen LogP contribution in [0.5, 0.6) is 0 Å². The van der Waals surface area contributed by atoms with Gasteiger partial charge in [0.25, 0.3) is 0 Å². The summed E-state index contributed by atoms with van der Waals surface area (Å²) in [6.45, 7) is 3.95. The third-order valence-electron chi connectivity index (χ3n) is 3.61. The second-order valence-electron chi connectivity index (χ2n) is 4.76. The van der Waals surface area contributed by atoms with Crippen molar-refractivity contribution < 1.29 is 4.42 Å². The molecule has 1 aromatic carbocycles. The summed E-state index contributed by atoms with van der Waals surface area (Å²) >= 11 is 0. The quantitative estimate of drug-likeness (QED) is 0.868. The maximum Gasteiger partial charge on any atom is 0.120 e. The Morgan fingerprint density at radius 1 is 1.29 bits per heavy atom. The third kappa shape index (κ3) is 2.01. The van der Waals surface area contributed by atoms with Gasteiger partial charge in [0.15, 0.2) is 0 Å². The molecule has 17 heavy (non-hydrogen) atoms. The van der Waals surface area contributed by atoms with Crippen LogP contribution in [0.25, 0.3) is 0 Å². The van der Waals surface area contributed by atoms with Crippen molar-refractivity contribution in [1.82, 2.24) is 5.32 Å². The first-order valence-electron chi connectivity index (χ1n) is 6.16. The average molecular weight is 227 g/mol. The number of fused-ring (bicyclic) bond motifs is 1. The fourth-order valence-corrected chi connectivity index (χ4v) is 2.49. The molecule has 88 valence electrons. The zero-order valence-electron chi connectivity index (χ0n) is 10.1. The van der Waals surface area contributed by atoms with E-state index in [0.29, 0.717) is 5.92 Å². The summed E-state index contributed by atoms with van der Waals surface area (Å²) in [6.07, 6.45) is 2.96. The van der Waals surface area contributed by atoms with Crippen molar-refractivity contribution in [2.45, 2.75) is 25.8 Å². The van der Waals surface area contributed by atoms with Crippen LogP contribution in [0.1, 0.15) is 28.4 Å².